The van der Waals surface area contributed by atoms with Gasteiger partial charge in [0.1, 0.15) is 24.2 Å². The zero-order chi connectivity index (χ0) is 26.5. The van der Waals surface area contributed by atoms with Crippen molar-refractivity contribution in [3.8, 4) is 0 Å². The second kappa shape index (κ2) is 15.0. The van der Waals surface area contributed by atoms with E-state index < -0.39 is 66.4 Å². The van der Waals surface area contributed by atoms with E-state index in [0.29, 0.717) is 11.3 Å². The molecule has 0 saturated carbocycles. The van der Waals surface area contributed by atoms with E-state index in [9.17, 15) is 39.3 Å². The van der Waals surface area contributed by atoms with Gasteiger partial charge in [-0.1, -0.05) is 30.3 Å². The van der Waals surface area contributed by atoms with Crippen LogP contribution in [0.3, 0.4) is 0 Å². The summed E-state index contributed by atoms with van der Waals surface area (Å²) in [5, 5.41) is 35.2. The molecule has 0 aliphatic rings. The first-order valence-corrected chi connectivity index (χ1v) is 12.2. The molecule has 0 aliphatic heterocycles. The Morgan fingerprint density at radius 2 is 1.46 bits per heavy atom. The van der Waals surface area contributed by atoms with E-state index in [1.54, 1.807) is 36.6 Å². The number of hydrogen-bond acceptors (Lipinski definition) is 8. The fraction of sp³-hybridized carbons (Fsp3) is 0.500. The summed E-state index contributed by atoms with van der Waals surface area (Å²) < 4.78 is 0. The quantitative estimate of drug-likeness (QED) is 0.148. The largest absolute Gasteiger partial charge is 0.481 e. The molecule has 0 saturated heterocycles. The third-order valence-electron chi connectivity index (χ3n) is 4.98. The van der Waals surface area contributed by atoms with Crippen LogP contribution in [0.2, 0.25) is 0 Å². The maximum absolute atomic E-state index is 12.9. The van der Waals surface area contributed by atoms with Crippen molar-refractivity contribution in [2.24, 2.45) is 5.73 Å². The Balaban J connectivity index is 3.00. The van der Waals surface area contributed by atoms with Crippen LogP contribution in [-0.4, -0.2) is 87.3 Å². The molecule has 8 N–H and O–H groups in total. The summed E-state index contributed by atoms with van der Waals surface area (Å²) in [7, 11) is 0. The van der Waals surface area contributed by atoms with Crippen LogP contribution in [0, 0.1) is 0 Å². The Labute approximate surface area is 207 Å². The number of aliphatic hydroxyl groups excluding tert-OH is 1. The van der Waals surface area contributed by atoms with Crippen LogP contribution in [0.15, 0.2) is 30.3 Å². The zero-order valence-corrected chi connectivity index (χ0v) is 20.3. The molecule has 5 unspecified atom stereocenters. The summed E-state index contributed by atoms with van der Waals surface area (Å²) in [5.74, 6) is -4.94. The molecule has 194 valence electrons. The van der Waals surface area contributed by atoms with Crippen molar-refractivity contribution in [2.45, 2.75) is 56.5 Å². The topological polar surface area (TPSA) is 208 Å². The van der Waals surface area contributed by atoms with Crippen molar-refractivity contribution in [1.29, 1.82) is 0 Å². The van der Waals surface area contributed by atoms with Crippen LogP contribution in [0.25, 0.3) is 0 Å². The van der Waals surface area contributed by atoms with Crippen LogP contribution >= 0.6 is 11.8 Å². The molecule has 1 rings (SSSR count). The number of thioether (sulfide) groups is 1. The summed E-state index contributed by atoms with van der Waals surface area (Å²) in [6, 6.07) is 3.08. The number of benzene rings is 1. The Morgan fingerprint density at radius 3 is 1.97 bits per heavy atom. The average molecular weight is 513 g/mol. The van der Waals surface area contributed by atoms with Crippen LogP contribution in [-0.2, 0) is 30.4 Å². The van der Waals surface area contributed by atoms with Gasteiger partial charge in [0.15, 0.2) is 0 Å². The van der Waals surface area contributed by atoms with E-state index in [1.165, 1.54) is 18.7 Å². The van der Waals surface area contributed by atoms with Gasteiger partial charge in [0.25, 0.3) is 0 Å². The molecule has 0 fully saturated rings. The number of aliphatic carboxylic acids is 2. The molecule has 3 amide bonds. The van der Waals surface area contributed by atoms with Crippen molar-refractivity contribution < 1.29 is 39.3 Å². The number of carboxylic acids is 2. The SMILES string of the molecule is CSCCC(NC(=O)C(N)C(C)O)C(=O)NC(CC(=O)O)C(=O)NC(Cc1ccccc1)C(=O)O. The molecule has 13 heteroatoms. The number of hydrogen-bond donors (Lipinski definition) is 7. The van der Waals surface area contributed by atoms with Crippen LogP contribution in [0.4, 0.5) is 0 Å². The summed E-state index contributed by atoms with van der Waals surface area (Å²) >= 11 is 1.39. The van der Waals surface area contributed by atoms with Gasteiger partial charge in [0.2, 0.25) is 17.7 Å². The number of rotatable bonds is 15. The lowest BCUT2D eigenvalue weighted by Crippen LogP contribution is -2.58. The second-order valence-corrected chi connectivity index (χ2v) is 8.84. The van der Waals surface area contributed by atoms with Crippen molar-refractivity contribution in [1.82, 2.24) is 16.0 Å². The fourth-order valence-electron chi connectivity index (χ4n) is 2.97. The minimum atomic E-state index is -1.60. The minimum Gasteiger partial charge on any atom is -0.481 e. The number of aliphatic hydroxyl groups is 1. The van der Waals surface area contributed by atoms with E-state index in [2.05, 4.69) is 16.0 Å². The first-order chi connectivity index (χ1) is 16.5. The molecular weight excluding hydrogens is 480 g/mol. The van der Waals surface area contributed by atoms with Gasteiger partial charge in [0.05, 0.1) is 12.5 Å². The number of carboxylic acid groups (broad SMARTS) is 2. The van der Waals surface area contributed by atoms with Gasteiger partial charge in [-0.3, -0.25) is 19.2 Å². The Kier molecular flexibility index (Phi) is 12.8. The van der Waals surface area contributed by atoms with Crippen LogP contribution < -0.4 is 21.7 Å². The standard InChI is InChI=1S/C22H32N4O8S/c1-12(27)18(23)21(32)24-14(8-9-35-2)19(30)25-15(11-17(28)29)20(31)26-16(22(33)34)10-13-6-4-3-5-7-13/h3-7,12,14-16,18,27H,8-11,23H2,1-2H3,(H,24,32)(H,25,30)(H,26,31)(H,28,29)(H,33,34). The van der Waals surface area contributed by atoms with E-state index in [0.717, 1.165) is 0 Å². The molecule has 0 spiro atoms. The maximum atomic E-state index is 12.9. The van der Waals surface area contributed by atoms with Crippen molar-refractivity contribution >= 4 is 41.4 Å². The highest BCUT2D eigenvalue weighted by molar-refractivity contribution is 7.98. The smallest absolute Gasteiger partial charge is 0.326 e. The lowest BCUT2D eigenvalue weighted by molar-refractivity contribution is -0.143. The van der Waals surface area contributed by atoms with Gasteiger partial charge in [-0.2, -0.15) is 11.8 Å². The predicted octanol–water partition coefficient (Wildman–Crippen LogP) is -1.30. The van der Waals surface area contributed by atoms with Crippen molar-refractivity contribution in [2.75, 3.05) is 12.0 Å². The van der Waals surface area contributed by atoms with Crippen LogP contribution in [0.1, 0.15) is 25.3 Å². The summed E-state index contributed by atoms with van der Waals surface area (Å²) in [6.45, 7) is 1.31. The lowest BCUT2D eigenvalue weighted by Gasteiger charge is -2.25. The molecule has 12 nitrogen and oxygen atoms in total. The lowest BCUT2D eigenvalue weighted by atomic mass is 10.0. The molecule has 0 heterocycles. The summed E-state index contributed by atoms with van der Waals surface area (Å²) in [6.07, 6.45) is -0.136. The Morgan fingerprint density at radius 1 is 0.914 bits per heavy atom. The van der Waals surface area contributed by atoms with Crippen molar-refractivity contribution in [3.05, 3.63) is 35.9 Å². The Bertz CT molecular complexity index is 883. The van der Waals surface area contributed by atoms with Gasteiger partial charge in [-0.05, 0) is 30.9 Å². The number of nitrogens with two attached hydrogens (primary N) is 1. The first-order valence-electron chi connectivity index (χ1n) is 10.8. The van der Waals surface area contributed by atoms with Crippen molar-refractivity contribution in [3.63, 3.8) is 0 Å². The third kappa shape index (κ3) is 10.8. The van der Waals surface area contributed by atoms with Gasteiger partial charge >= 0.3 is 11.9 Å². The monoisotopic (exact) mass is 512 g/mol. The number of carbonyl (C=O) groups is 5. The minimum absolute atomic E-state index is 0.0563. The molecule has 1 aromatic carbocycles. The van der Waals surface area contributed by atoms with E-state index in [4.69, 9.17) is 5.73 Å². The van der Waals surface area contributed by atoms with E-state index >= 15 is 0 Å². The number of amides is 3. The molecule has 5 atom stereocenters. The fourth-order valence-corrected chi connectivity index (χ4v) is 3.44. The highest BCUT2D eigenvalue weighted by Crippen LogP contribution is 2.07. The highest BCUT2D eigenvalue weighted by Gasteiger charge is 2.32. The van der Waals surface area contributed by atoms with Gasteiger partial charge in [0, 0.05) is 6.42 Å². The second-order valence-electron chi connectivity index (χ2n) is 7.86. The van der Waals surface area contributed by atoms with E-state index in [1.807, 2.05) is 0 Å². The van der Waals surface area contributed by atoms with Gasteiger partial charge in [-0.15, -0.1) is 0 Å². The molecule has 35 heavy (non-hydrogen) atoms. The van der Waals surface area contributed by atoms with Gasteiger partial charge in [-0.25, -0.2) is 4.79 Å². The molecule has 0 aromatic heterocycles. The number of carbonyl (C=O) groups excluding carboxylic acids is 3. The summed E-state index contributed by atoms with van der Waals surface area (Å²) in [5.41, 5.74) is 6.24. The van der Waals surface area contributed by atoms with Gasteiger partial charge < -0.3 is 37.0 Å². The molecule has 0 aliphatic carbocycles. The molecule has 0 radical (unpaired) electrons. The average Bonchev–Trinajstić information content (AvgIpc) is 2.80. The first kappa shape index (κ1) is 29.9. The van der Waals surface area contributed by atoms with Crippen LogP contribution in [0.5, 0.6) is 0 Å². The summed E-state index contributed by atoms with van der Waals surface area (Å²) in [4.78, 5) is 60.9. The highest BCUT2D eigenvalue weighted by atomic mass is 32.2. The zero-order valence-electron chi connectivity index (χ0n) is 19.5. The molecular formula is C22H32N4O8S. The maximum Gasteiger partial charge on any atom is 0.326 e. The molecule has 1 aromatic rings. The van der Waals surface area contributed by atoms with E-state index in [-0.39, 0.29) is 12.8 Å². The molecule has 0 bridgehead atoms. The predicted molar refractivity (Wildman–Crippen MR) is 128 cm³/mol. The third-order valence-corrected chi connectivity index (χ3v) is 5.62. The normalized spacial score (nSPS) is 15.1. The number of nitrogens with one attached hydrogen (secondary N) is 3. The Hall–Kier alpha value is -3.16.